The van der Waals surface area contributed by atoms with Gasteiger partial charge in [-0.2, -0.15) is 25.3 Å². The fourth-order valence-electron chi connectivity index (χ4n) is 1.14. The Bertz CT molecular complexity index is 195. The summed E-state index contributed by atoms with van der Waals surface area (Å²) in [6.07, 6.45) is 0.623. The molecular weight excluding hydrogens is 236 g/mol. The van der Waals surface area contributed by atoms with Crippen LogP contribution in [0.1, 0.15) is 25.7 Å². The Balaban J connectivity index is 3.81. The molecule has 0 radical (unpaired) electrons. The maximum atomic E-state index is 10.2. The maximum Gasteiger partial charge on any atom is 0.303 e. The van der Waals surface area contributed by atoms with Crippen LogP contribution in [0.4, 0.5) is 0 Å². The molecule has 1 unspecified atom stereocenters. The second-order valence-corrected chi connectivity index (χ2v) is 4.21. The molecule has 0 aliphatic carbocycles. The zero-order valence-corrected chi connectivity index (χ0v) is 10.3. The van der Waals surface area contributed by atoms with Crippen molar-refractivity contribution in [2.24, 2.45) is 0 Å². The SMILES string of the molecule is O=C(O)CCCCC(O)C(O)(CS)CS. The molecule has 6 heteroatoms. The van der Waals surface area contributed by atoms with Gasteiger partial charge in [0.25, 0.3) is 0 Å². The molecule has 0 bridgehead atoms. The van der Waals surface area contributed by atoms with Crippen LogP contribution in [0.5, 0.6) is 0 Å². The number of carboxylic acids is 1. The van der Waals surface area contributed by atoms with Crippen LogP contribution < -0.4 is 0 Å². The lowest BCUT2D eigenvalue weighted by Crippen LogP contribution is -2.46. The third kappa shape index (κ3) is 5.65. The average Bonchev–Trinajstić information content (AvgIpc) is 2.22. The van der Waals surface area contributed by atoms with Crippen LogP contribution >= 0.6 is 25.3 Å². The van der Waals surface area contributed by atoms with E-state index in [4.69, 9.17) is 5.11 Å². The Labute approximate surface area is 101 Å². The van der Waals surface area contributed by atoms with Crippen molar-refractivity contribution in [3.05, 3.63) is 0 Å². The number of aliphatic hydroxyl groups is 2. The summed E-state index contributed by atoms with van der Waals surface area (Å²) in [5.41, 5.74) is -1.28. The first kappa shape index (κ1) is 15.1. The van der Waals surface area contributed by atoms with Crippen LogP contribution in [-0.2, 0) is 4.79 Å². The molecule has 0 aromatic rings. The van der Waals surface area contributed by atoms with Gasteiger partial charge < -0.3 is 15.3 Å². The Kier molecular flexibility index (Phi) is 7.42. The first-order chi connectivity index (χ1) is 6.96. The lowest BCUT2D eigenvalue weighted by molar-refractivity contribution is -0.137. The monoisotopic (exact) mass is 254 g/mol. The van der Waals surface area contributed by atoms with Gasteiger partial charge in [-0.25, -0.2) is 0 Å². The molecule has 0 aliphatic rings. The van der Waals surface area contributed by atoms with E-state index < -0.39 is 17.7 Å². The molecule has 0 heterocycles. The topological polar surface area (TPSA) is 77.8 Å². The third-order valence-electron chi connectivity index (χ3n) is 2.29. The lowest BCUT2D eigenvalue weighted by atomic mass is 9.96. The summed E-state index contributed by atoms with van der Waals surface area (Å²) < 4.78 is 0. The van der Waals surface area contributed by atoms with Crippen molar-refractivity contribution in [3.8, 4) is 0 Å². The van der Waals surface area contributed by atoms with E-state index in [1.54, 1.807) is 0 Å². The number of aliphatic carboxylic acids is 1. The van der Waals surface area contributed by atoms with Crippen molar-refractivity contribution >= 4 is 31.2 Å². The quantitative estimate of drug-likeness (QED) is 0.324. The van der Waals surface area contributed by atoms with Crippen molar-refractivity contribution in [2.45, 2.75) is 37.4 Å². The first-order valence-corrected chi connectivity index (χ1v) is 6.06. The van der Waals surface area contributed by atoms with Crippen LogP contribution in [0.2, 0.25) is 0 Å². The van der Waals surface area contributed by atoms with E-state index in [0.717, 1.165) is 0 Å². The molecule has 90 valence electrons. The molecule has 15 heavy (non-hydrogen) atoms. The predicted octanol–water partition coefficient (Wildman–Crippen LogP) is 0.583. The molecule has 0 aliphatic heterocycles. The summed E-state index contributed by atoms with van der Waals surface area (Å²) in [4.78, 5) is 10.2. The van der Waals surface area contributed by atoms with E-state index in [1.165, 1.54) is 0 Å². The van der Waals surface area contributed by atoms with Gasteiger partial charge in [-0.05, 0) is 12.8 Å². The van der Waals surface area contributed by atoms with Crippen molar-refractivity contribution < 1.29 is 20.1 Å². The molecule has 0 fully saturated rings. The number of hydrogen-bond donors (Lipinski definition) is 5. The summed E-state index contributed by atoms with van der Waals surface area (Å²) >= 11 is 7.89. The molecule has 4 nitrogen and oxygen atoms in total. The van der Waals surface area contributed by atoms with Crippen LogP contribution in [0, 0.1) is 0 Å². The minimum Gasteiger partial charge on any atom is -0.481 e. The second kappa shape index (κ2) is 7.38. The van der Waals surface area contributed by atoms with Gasteiger partial charge in [0, 0.05) is 17.9 Å². The van der Waals surface area contributed by atoms with Crippen molar-refractivity contribution in [3.63, 3.8) is 0 Å². The average molecular weight is 254 g/mol. The zero-order valence-electron chi connectivity index (χ0n) is 8.46. The van der Waals surface area contributed by atoms with E-state index in [1.807, 2.05) is 0 Å². The van der Waals surface area contributed by atoms with Crippen molar-refractivity contribution in [1.82, 2.24) is 0 Å². The van der Waals surface area contributed by atoms with Gasteiger partial charge in [0.05, 0.1) is 6.10 Å². The minimum absolute atomic E-state index is 0.0902. The lowest BCUT2D eigenvalue weighted by Gasteiger charge is -2.29. The highest BCUT2D eigenvalue weighted by molar-refractivity contribution is 7.81. The number of carbonyl (C=O) groups is 1. The second-order valence-electron chi connectivity index (χ2n) is 3.58. The molecule has 0 aromatic carbocycles. The molecule has 0 rings (SSSR count). The van der Waals surface area contributed by atoms with E-state index >= 15 is 0 Å². The van der Waals surface area contributed by atoms with Gasteiger partial charge in [0.15, 0.2) is 0 Å². The Morgan fingerprint density at radius 1 is 1.27 bits per heavy atom. The largest absolute Gasteiger partial charge is 0.481 e. The Morgan fingerprint density at radius 3 is 2.20 bits per heavy atom. The predicted molar refractivity (Wildman–Crippen MR) is 64.8 cm³/mol. The molecular formula is C9H18O4S2. The highest BCUT2D eigenvalue weighted by atomic mass is 32.1. The number of rotatable bonds is 8. The number of hydrogen-bond acceptors (Lipinski definition) is 5. The first-order valence-electron chi connectivity index (χ1n) is 4.80. The molecule has 0 aromatic heterocycles. The number of thiol groups is 2. The molecule has 0 amide bonds. The van der Waals surface area contributed by atoms with E-state index in [0.29, 0.717) is 19.3 Å². The van der Waals surface area contributed by atoms with Crippen molar-refractivity contribution in [1.29, 1.82) is 0 Å². The van der Waals surface area contributed by atoms with E-state index in [9.17, 15) is 15.0 Å². The van der Waals surface area contributed by atoms with Crippen LogP contribution in [0.25, 0.3) is 0 Å². The fourth-order valence-corrected chi connectivity index (χ4v) is 1.96. The van der Waals surface area contributed by atoms with Gasteiger partial charge in [0.2, 0.25) is 0 Å². The Morgan fingerprint density at radius 2 is 1.80 bits per heavy atom. The standard InChI is InChI=1S/C9H18O4S2/c10-7(9(13,5-14)6-15)3-1-2-4-8(11)12/h7,10,13-15H,1-6H2,(H,11,12). The molecule has 0 spiro atoms. The minimum atomic E-state index is -1.28. The van der Waals surface area contributed by atoms with Crippen molar-refractivity contribution in [2.75, 3.05) is 11.5 Å². The highest BCUT2D eigenvalue weighted by Crippen LogP contribution is 2.19. The summed E-state index contributed by atoms with van der Waals surface area (Å²) in [6, 6.07) is 0. The molecule has 0 saturated carbocycles. The number of aliphatic hydroxyl groups excluding tert-OH is 1. The van der Waals surface area contributed by atoms with E-state index in [2.05, 4.69) is 25.3 Å². The van der Waals surface area contributed by atoms with E-state index in [-0.39, 0.29) is 17.9 Å². The summed E-state index contributed by atoms with van der Waals surface area (Å²) in [7, 11) is 0. The maximum absolute atomic E-state index is 10.2. The summed E-state index contributed by atoms with van der Waals surface area (Å²) in [5.74, 6) is -0.573. The van der Waals surface area contributed by atoms with Gasteiger partial charge in [-0.15, -0.1) is 0 Å². The summed E-state index contributed by atoms with van der Waals surface area (Å²) in [5, 5.41) is 27.8. The summed E-state index contributed by atoms with van der Waals surface area (Å²) in [6.45, 7) is 0. The van der Waals surface area contributed by atoms with Crippen LogP contribution in [0.3, 0.4) is 0 Å². The Hall–Kier alpha value is 0.0900. The van der Waals surface area contributed by atoms with Crippen LogP contribution in [0.15, 0.2) is 0 Å². The highest BCUT2D eigenvalue weighted by Gasteiger charge is 2.32. The van der Waals surface area contributed by atoms with Crippen LogP contribution in [-0.4, -0.2) is 44.5 Å². The number of carboxylic acid groups (broad SMARTS) is 1. The molecule has 0 saturated heterocycles. The zero-order chi connectivity index (χ0) is 11.9. The number of unbranched alkanes of at least 4 members (excludes halogenated alkanes) is 1. The third-order valence-corrected chi connectivity index (χ3v) is 3.38. The van der Waals surface area contributed by atoms with Gasteiger partial charge in [0.1, 0.15) is 5.60 Å². The van der Waals surface area contributed by atoms with Gasteiger partial charge >= 0.3 is 5.97 Å². The normalized spacial score (nSPS) is 13.9. The fraction of sp³-hybridized carbons (Fsp3) is 0.889. The molecule has 1 atom stereocenters. The smallest absolute Gasteiger partial charge is 0.303 e. The van der Waals surface area contributed by atoms with Gasteiger partial charge in [-0.3, -0.25) is 4.79 Å². The van der Waals surface area contributed by atoms with Gasteiger partial charge in [-0.1, -0.05) is 6.42 Å². The molecule has 3 N–H and O–H groups in total.